The fourth-order valence-electron chi connectivity index (χ4n) is 2.82. The van der Waals surface area contributed by atoms with Crippen LogP contribution in [0, 0.1) is 0 Å². The number of rotatable bonds is 8. The predicted octanol–water partition coefficient (Wildman–Crippen LogP) is 4.61. The number of aromatic nitrogens is 2. The molecule has 3 aromatic rings. The van der Waals surface area contributed by atoms with Crippen molar-refractivity contribution in [2.24, 2.45) is 7.05 Å². The first kappa shape index (κ1) is 21.0. The molecule has 0 atom stereocenters. The summed E-state index contributed by atoms with van der Waals surface area (Å²) in [6.07, 6.45) is 6.88. The summed E-state index contributed by atoms with van der Waals surface area (Å²) in [5, 5.41) is 10.2. The van der Waals surface area contributed by atoms with Crippen LogP contribution in [0.1, 0.15) is 19.4 Å². The summed E-state index contributed by atoms with van der Waals surface area (Å²) in [6.45, 7) is 3.91. The second-order valence-corrected chi connectivity index (χ2v) is 7.01. The van der Waals surface area contributed by atoms with E-state index in [-0.39, 0.29) is 12.0 Å². The van der Waals surface area contributed by atoms with Crippen molar-refractivity contribution in [1.29, 1.82) is 0 Å². The molecule has 2 N–H and O–H groups in total. The zero-order valence-electron chi connectivity index (χ0n) is 17.5. The van der Waals surface area contributed by atoms with Crippen molar-refractivity contribution in [3.63, 3.8) is 0 Å². The van der Waals surface area contributed by atoms with Crippen LogP contribution in [-0.2, 0) is 11.8 Å². The number of nitrogens with one attached hydrogen (secondary N) is 2. The molecule has 1 amide bonds. The average molecular weight is 406 g/mol. The summed E-state index contributed by atoms with van der Waals surface area (Å²) in [5.74, 6) is 1.07. The van der Waals surface area contributed by atoms with Gasteiger partial charge in [-0.2, -0.15) is 5.10 Å². The lowest BCUT2D eigenvalue weighted by Gasteiger charge is -2.13. The van der Waals surface area contributed by atoms with Gasteiger partial charge in [0.1, 0.15) is 0 Å². The summed E-state index contributed by atoms with van der Waals surface area (Å²) in [7, 11) is 3.45. The molecule has 1 aromatic heterocycles. The number of amides is 1. The molecule has 0 aliphatic carbocycles. The van der Waals surface area contributed by atoms with Crippen molar-refractivity contribution in [3.8, 4) is 11.5 Å². The van der Waals surface area contributed by atoms with Crippen LogP contribution in [0.3, 0.4) is 0 Å². The molecule has 0 saturated carbocycles. The van der Waals surface area contributed by atoms with Gasteiger partial charge < -0.3 is 20.1 Å². The normalized spacial score (nSPS) is 11.0. The molecular formula is C23H26N4O3. The number of carbonyl (C=O) groups excluding carboxylic acids is 1. The molecular weight excluding hydrogens is 380 g/mol. The molecule has 0 aliphatic rings. The van der Waals surface area contributed by atoms with E-state index in [2.05, 4.69) is 15.7 Å². The van der Waals surface area contributed by atoms with Crippen LogP contribution in [0.25, 0.3) is 6.08 Å². The molecule has 7 nitrogen and oxygen atoms in total. The minimum absolute atomic E-state index is 0.0504. The van der Waals surface area contributed by atoms with Crippen LogP contribution in [0.5, 0.6) is 11.5 Å². The van der Waals surface area contributed by atoms with Crippen molar-refractivity contribution in [1.82, 2.24) is 9.78 Å². The summed E-state index contributed by atoms with van der Waals surface area (Å²) in [4.78, 5) is 12.3. The van der Waals surface area contributed by atoms with Crippen LogP contribution >= 0.6 is 0 Å². The highest BCUT2D eigenvalue weighted by molar-refractivity contribution is 6.02. The Bertz CT molecular complexity index is 1040. The zero-order valence-corrected chi connectivity index (χ0v) is 17.5. The van der Waals surface area contributed by atoms with E-state index in [0.717, 1.165) is 16.9 Å². The van der Waals surface area contributed by atoms with Gasteiger partial charge in [0.2, 0.25) is 5.91 Å². The minimum Gasteiger partial charge on any atom is -0.493 e. The fourth-order valence-corrected chi connectivity index (χ4v) is 2.82. The third kappa shape index (κ3) is 5.88. The highest BCUT2D eigenvalue weighted by atomic mass is 16.5. The SMILES string of the molecule is COc1cc(C=CC(=O)Nc2cccc(Nc3cnn(C)c3)c2)ccc1OC(C)C. The van der Waals surface area contributed by atoms with Crippen LogP contribution in [-0.4, -0.2) is 28.9 Å². The van der Waals surface area contributed by atoms with Crippen molar-refractivity contribution < 1.29 is 14.3 Å². The van der Waals surface area contributed by atoms with Crippen LogP contribution in [0.2, 0.25) is 0 Å². The van der Waals surface area contributed by atoms with Gasteiger partial charge in [0.25, 0.3) is 0 Å². The van der Waals surface area contributed by atoms with Gasteiger partial charge >= 0.3 is 0 Å². The third-order valence-electron chi connectivity index (χ3n) is 4.10. The van der Waals surface area contributed by atoms with E-state index in [1.807, 2.05) is 69.6 Å². The molecule has 2 aromatic carbocycles. The quantitative estimate of drug-likeness (QED) is 0.534. The number of carbonyl (C=O) groups is 1. The topological polar surface area (TPSA) is 77.4 Å². The Balaban J connectivity index is 1.64. The molecule has 0 fully saturated rings. The van der Waals surface area contributed by atoms with Crippen LogP contribution in [0.4, 0.5) is 17.1 Å². The maximum absolute atomic E-state index is 12.3. The first-order chi connectivity index (χ1) is 14.4. The highest BCUT2D eigenvalue weighted by Crippen LogP contribution is 2.29. The molecule has 1 heterocycles. The second kappa shape index (κ2) is 9.65. The summed E-state index contributed by atoms with van der Waals surface area (Å²) in [6, 6.07) is 13.0. The molecule has 0 radical (unpaired) electrons. The maximum atomic E-state index is 12.3. The van der Waals surface area contributed by atoms with Crippen LogP contribution in [0.15, 0.2) is 60.9 Å². The number of ether oxygens (including phenoxy) is 2. The molecule has 0 saturated heterocycles. The van der Waals surface area contributed by atoms with Gasteiger partial charge in [0.05, 0.1) is 25.1 Å². The molecule has 156 valence electrons. The molecule has 30 heavy (non-hydrogen) atoms. The predicted molar refractivity (Wildman–Crippen MR) is 119 cm³/mol. The molecule has 0 aliphatic heterocycles. The first-order valence-corrected chi connectivity index (χ1v) is 9.62. The van der Waals surface area contributed by atoms with Crippen LogP contribution < -0.4 is 20.1 Å². The van der Waals surface area contributed by atoms with E-state index >= 15 is 0 Å². The third-order valence-corrected chi connectivity index (χ3v) is 4.10. The number of hydrogen-bond acceptors (Lipinski definition) is 5. The summed E-state index contributed by atoms with van der Waals surface area (Å²) >= 11 is 0. The van der Waals surface area contributed by atoms with Crippen molar-refractivity contribution in [3.05, 3.63) is 66.5 Å². The molecule has 0 bridgehead atoms. The Morgan fingerprint density at radius 2 is 1.90 bits per heavy atom. The lowest BCUT2D eigenvalue weighted by Crippen LogP contribution is -2.08. The summed E-state index contributed by atoms with van der Waals surface area (Å²) < 4.78 is 12.8. The number of nitrogens with zero attached hydrogens (tertiary/aromatic N) is 2. The Morgan fingerprint density at radius 1 is 1.10 bits per heavy atom. The number of methoxy groups -OCH3 is 1. The number of aryl methyl sites for hydroxylation is 1. The van der Waals surface area contributed by atoms with E-state index in [9.17, 15) is 4.79 Å². The zero-order chi connectivity index (χ0) is 21.5. The van der Waals surface area contributed by atoms with Gasteiger partial charge in [-0.1, -0.05) is 12.1 Å². The van der Waals surface area contributed by atoms with Gasteiger partial charge in [0, 0.05) is 30.7 Å². The molecule has 3 rings (SSSR count). The minimum atomic E-state index is -0.227. The average Bonchev–Trinajstić information content (AvgIpc) is 3.11. The number of benzene rings is 2. The second-order valence-electron chi connectivity index (χ2n) is 7.01. The number of hydrogen-bond donors (Lipinski definition) is 2. The van der Waals surface area contributed by atoms with Gasteiger partial charge in [-0.05, 0) is 55.8 Å². The first-order valence-electron chi connectivity index (χ1n) is 9.62. The fraction of sp³-hybridized carbons (Fsp3) is 0.217. The Kier molecular flexibility index (Phi) is 6.75. The van der Waals surface area contributed by atoms with Crippen molar-refractivity contribution in [2.45, 2.75) is 20.0 Å². The Morgan fingerprint density at radius 3 is 2.60 bits per heavy atom. The van der Waals surface area contributed by atoms with Gasteiger partial charge in [0.15, 0.2) is 11.5 Å². The van der Waals surface area contributed by atoms with E-state index in [0.29, 0.717) is 17.2 Å². The largest absolute Gasteiger partial charge is 0.493 e. The molecule has 0 unspecified atom stereocenters. The number of anilines is 3. The van der Waals surface area contributed by atoms with E-state index < -0.39 is 0 Å². The molecule has 7 heteroatoms. The Hall–Kier alpha value is -3.74. The Labute approximate surface area is 176 Å². The molecule has 0 spiro atoms. The van der Waals surface area contributed by atoms with E-state index in [1.165, 1.54) is 6.08 Å². The van der Waals surface area contributed by atoms with E-state index in [1.54, 1.807) is 24.1 Å². The van der Waals surface area contributed by atoms with Crippen molar-refractivity contribution in [2.75, 3.05) is 17.7 Å². The lowest BCUT2D eigenvalue weighted by atomic mass is 10.2. The lowest BCUT2D eigenvalue weighted by molar-refractivity contribution is -0.111. The van der Waals surface area contributed by atoms with Gasteiger partial charge in [-0.3, -0.25) is 9.48 Å². The standard InChI is InChI=1S/C23H26N4O3/c1-16(2)30-21-10-8-17(12-22(21)29-4)9-11-23(28)26-19-7-5-6-18(13-19)25-20-14-24-27(3)15-20/h5-16,25H,1-4H3,(H,26,28). The maximum Gasteiger partial charge on any atom is 0.248 e. The highest BCUT2D eigenvalue weighted by Gasteiger charge is 2.07. The summed E-state index contributed by atoms with van der Waals surface area (Å²) in [5.41, 5.74) is 3.26. The van der Waals surface area contributed by atoms with Gasteiger partial charge in [-0.25, -0.2) is 0 Å². The monoisotopic (exact) mass is 406 g/mol. The van der Waals surface area contributed by atoms with E-state index in [4.69, 9.17) is 9.47 Å². The van der Waals surface area contributed by atoms with Crippen molar-refractivity contribution >= 4 is 29.0 Å². The smallest absolute Gasteiger partial charge is 0.248 e. The van der Waals surface area contributed by atoms with Gasteiger partial charge in [-0.15, -0.1) is 0 Å².